The Morgan fingerprint density at radius 1 is 1.33 bits per heavy atom. The molecule has 2 heteroatoms. The Morgan fingerprint density at radius 2 is 2.07 bits per heavy atom. The summed E-state index contributed by atoms with van der Waals surface area (Å²) in [6, 6.07) is 9.97. The van der Waals surface area contributed by atoms with E-state index in [2.05, 4.69) is 18.8 Å². The summed E-state index contributed by atoms with van der Waals surface area (Å²) in [5.41, 5.74) is 2.07. The summed E-state index contributed by atoms with van der Waals surface area (Å²) in [5.74, 6) is 0.465. The number of rotatable bonds is 2. The zero-order valence-electron chi connectivity index (χ0n) is 9.00. The Kier molecular flexibility index (Phi) is 2.92. The van der Waals surface area contributed by atoms with Gasteiger partial charge in [-0.05, 0) is 24.5 Å². The van der Waals surface area contributed by atoms with Crippen LogP contribution in [-0.2, 0) is 0 Å². The molecule has 78 valence electrons. The number of benzene rings is 1. The third-order valence-corrected chi connectivity index (χ3v) is 3.12. The van der Waals surface area contributed by atoms with Crippen LogP contribution in [0, 0.1) is 0 Å². The molecule has 0 saturated heterocycles. The molecule has 0 aliphatic heterocycles. The van der Waals surface area contributed by atoms with Crippen LogP contribution in [0.2, 0.25) is 5.02 Å². The molecule has 0 bridgehead atoms. The second kappa shape index (κ2) is 4.19. The van der Waals surface area contributed by atoms with Gasteiger partial charge in [0.1, 0.15) is 0 Å². The van der Waals surface area contributed by atoms with Gasteiger partial charge in [0.05, 0.1) is 10.5 Å². The molecule has 1 aromatic heterocycles. The van der Waals surface area contributed by atoms with Crippen LogP contribution in [0.5, 0.6) is 0 Å². The molecule has 0 spiro atoms. The number of aromatic nitrogens is 1. The first-order valence-electron chi connectivity index (χ1n) is 5.27. The molecule has 0 amide bonds. The molecular formula is C13H14ClN. The van der Waals surface area contributed by atoms with E-state index in [1.165, 1.54) is 0 Å². The molecule has 1 aromatic carbocycles. The highest BCUT2D eigenvalue weighted by Crippen LogP contribution is 2.26. The number of para-hydroxylation sites is 1. The van der Waals surface area contributed by atoms with Crippen LogP contribution in [-0.4, -0.2) is 4.98 Å². The average Bonchev–Trinajstić information content (AvgIpc) is 2.28. The van der Waals surface area contributed by atoms with Crippen molar-refractivity contribution in [3.8, 4) is 0 Å². The second-order valence-corrected chi connectivity index (χ2v) is 4.26. The van der Waals surface area contributed by atoms with Crippen LogP contribution >= 0.6 is 11.6 Å². The fraction of sp³-hybridized carbons (Fsp3) is 0.308. The summed E-state index contributed by atoms with van der Waals surface area (Å²) < 4.78 is 0. The van der Waals surface area contributed by atoms with Gasteiger partial charge in [0.2, 0.25) is 0 Å². The molecule has 0 radical (unpaired) electrons. The van der Waals surface area contributed by atoms with Crippen LogP contribution in [0.3, 0.4) is 0 Å². The van der Waals surface area contributed by atoms with Crippen molar-refractivity contribution in [3.63, 3.8) is 0 Å². The first-order valence-corrected chi connectivity index (χ1v) is 5.65. The summed E-state index contributed by atoms with van der Waals surface area (Å²) in [4.78, 5) is 4.62. The van der Waals surface area contributed by atoms with Crippen molar-refractivity contribution >= 4 is 22.5 Å². The number of pyridine rings is 1. The van der Waals surface area contributed by atoms with Crippen molar-refractivity contribution < 1.29 is 0 Å². The van der Waals surface area contributed by atoms with E-state index in [1.54, 1.807) is 0 Å². The summed E-state index contributed by atoms with van der Waals surface area (Å²) >= 11 is 6.22. The van der Waals surface area contributed by atoms with Crippen molar-refractivity contribution in [2.24, 2.45) is 0 Å². The second-order valence-electron chi connectivity index (χ2n) is 3.86. The smallest absolute Gasteiger partial charge is 0.0720 e. The first kappa shape index (κ1) is 10.4. The lowest BCUT2D eigenvalue weighted by atomic mass is 10.0. The molecule has 0 aliphatic rings. The fourth-order valence-corrected chi connectivity index (χ4v) is 1.89. The zero-order valence-corrected chi connectivity index (χ0v) is 9.75. The topological polar surface area (TPSA) is 12.9 Å². The lowest BCUT2D eigenvalue weighted by Crippen LogP contribution is -1.96. The van der Waals surface area contributed by atoms with Crippen molar-refractivity contribution in [3.05, 3.63) is 41.0 Å². The zero-order chi connectivity index (χ0) is 10.8. The molecular weight excluding hydrogens is 206 g/mol. The van der Waals surface area contributed by atoms with Gasteiger partial charge in [-0.3, -0.25) is 4.98 Å². The number of nitrogens with zero attached hydrogens (tertiary/aromatic N) is 1. The SMILES string of the molecule is CCC(C)c1cc(Cl)c2ccccc2n1. The third-order valence-electron chi connectivity index (χ3n) is 2.80. The Morgan fingerprint density at radius 3 is 2.80 bits per heavy atom. The van der Waals surface area contributed by atoms with Crippen LogP contribution in [0.4, 0.5) is 0 Å². The molecule has 0 saturated carbocycles. The van der Waals surface area contributed by atoms with Crippen LogP contribution < -0.4 is 0 Å². The minimum atomic E-state index is 0.465. The first-order chi connectivity index (χ1) is 7.22. The molecule has 2 rings (SSSR count). The van der Waals surface area contributed by atoms with E-state index in [9.17, 15) is 0 Å². The van der Waals surface area contributed by atoms with Crippen molar-refractivity contribution in [2.75, 3.05) is 0 Å². The molecule has 1 unspecified atom stereocenters. The summed E-state index contributed by atoms with van der Waals surface area (Å²) in [6.07, 6.45) is 1.08. The Balaban J connectivity index is 2.62. The largest absolute Gasteiger partial charge is 0.252 e. The van der Waals surface area contributed by atoms with E-state index in [1.807, 2.05) is 30.3 Å². The average molecular weight is 220 g/mol. The van der Waals surface area contributed by atoms with Gasteiger partial charge < -0.3 is 0 Å². The van der Waals surface area contributed by atoms with Gasteiger partial charge in [0, 0.05) is 11.1 Å². The van der Waals surface area contributed by atoms with Crippen molar-refractivity contribution in [2.45, 2.75) is 26.2 Å². The maximum Gasteiger partial charge on any atom is 0.0720 e. The van der Waals surface area contributed by atoms with Gasteiger partial charge >= 0.3 is 0 Å². The van der Waals surface area contributed by atoms with Crippen LogP contribution in [0.25, 0.3) is 10.9 Å². The highest BCUT2D eigenvalue weighted by atomic mass is 35.5. The van der Waals surface area contributed by atoms with Crippen molar-refractivity contribution in [1.82, 2.24) is 4.98 Å². The van der Waals surface area contributed by atoms with Gasteiger partial charge in [0.25, 0.3) is 0 Å². The van der Waals surface area contributed by atoms with E-state index in [0.29, 0.717) is 5.92 Å². The lowest BCUT2D eigenvalue weighted by Gasteiger charge is -2.10. The van der Waals surface area contributed by atoms with E-state index < -0.39 is 0 Å². The number of hydrogen-bond donors (Lipinski definition) is 0. The molecule has 0 N–H and O–H groups in total. The Labute approximate surface area is 95.1 Å². The summed E-state index contributed by atoms with van der Waals surface area (Å²) in [7, 11) is 0. The number of fused-ring (bicyclic) bond motifs is 1. The molecule has 15 heavy (non-hydrogen) atoms. The number of halogens is 1. The molecule has 2 aromatic rings. The quantitative estimate of drug-likeness (QED) is 0.730. The number of hydrogen-bond acceptors (Lipinski definition) is 1. The Hall–Kier alpha value is -1.08. The van der Waals surface area contributed by atoms with Crippen LogP contribution in [0.1, 0.15) is 31.9 Å². The molecule has 0 fully saturated rings. The summed E-state index contributed by atoms with van der Waals surface area (Å²) in [5, 5.41) is 1.84. The van der Waals surface area contributed by atoms with Gasteiger partial charge in [-0.1, -0.05) is 43.6 Å². The normalized spacial score (nSPS) is 13.0. The monoisotopic (exact) mass is 219 g/mol. The molecule has 1 nitrogen and oxygen atoms in total. The highest BCUT2D eigenvalue weighted by Gasteiger charge is 2.08. The lowest BCUT2D eigenvalue weighted by molar-refractivity contribution is 0.712. The van der Waals surface area contributed by atoms with E-state index in [-0.39, 0.29) is 0 Å². The van der Waals surface area contributed by atoms with Gasteiger partial charge in [-0.15, -0.1) is 0 Å². The standard InChI is InChI=1S/C13H14ClN/c1-3-9(2)13-8-11(14)10-6-4-5-7-12(10)15-13/h4-9H,3H2,1-2H3. The molecule has 1 heterocycles. The van der Waals surface area contributed by atoms with E-state index >= 15 is 0 Å². The van der Waals surface area contributed by atoms with Gasteiger partial charge in [-0.25, -0.2) is 0 Å². The van der Waals surface area contributed by atoms with E-state index in [4.69, 9.17) is 11.6 Å². The predicted molar refractivity (Wildman–Crippen MR) is 65.5 cm³/mol. The molecule has 1 atom stereocenters. The third kappa shape index (κ3) is 1.98. The highest BCUT2D eigenvalue weighted by molar-refractivity contribution is 6.35. The Bertz CT molecular complexity index is 479. The predicted octanol–water partition coefficient (Wildman–Crippen LogP) is 4.40. The fourth-order valence-electron chi connectivity index (χ4n) is 1.61. The van der Waals surface area contributed by atoms with Gasteiger partial charge in [0.15, 0.2) is 0 Å². The van der Waals surface area contributed by atoms with E-state index in [0.717, 1.165) is 28.0 Å². The molecule has 0 aliphatic carbocycles. The minimum absolute atomic E-state index is 0.465. The van der Waals surface area contributed by atoms with Crippen molar-refractivity contribution in [1.29, 1.82) is 0 Å². The minimum Gasteiger partial charge on any atom is -0.252 e. The maximum absolute atomic E-state index is 6.22. The summed E-state index contributed by atoms with van der Waals surface area (Å²) in [6.45, 7) is 4.34. The van der Waals surface area contributed by atoms with Gasteiger partial charge in [-0.2, -0.15) is 0 Å². The van der Waals surface area contributed by atoms with Crippen LogP contribution in [0.15, 0.2) is 30.3 Å². The maximum atomic E-state index is 6.22.